The number of nitrogens with zero attached hydrogens (tertiary/aromatic N) is 1. The quantitative estimate of drug-likeness (QED) is 0.300. The highest BCUT2D eigenvalue weighted by Crippen LogP contribution is 2.26. The number of rotatable bonds is 8. The molecule has 8 heteroatoms. The number of anilines is 2. The molecule has 1 aromatic heterocycles. The molecule has 33 heavy (non-hydrogen) atoms. The van der Waals surface area contributed by atoms with Crippen LogP contribution < -0.4 is 9.62 Å². The number of nitrogens with one attached hydrogen (secondary N) is 1. The predicted molar refractivity (Wildman–Crippen MR) is 137 cm³/mol. The number of thioether (sulfide) groups is 1. The Morgan fingerprint density at radius 1 is 0.909 bits per heavy atom. The van der Waals surface area contributed by atoms with Crippen LogP contribution in [0.3, 0.4) is 0 Å². The van der Waals surface area contributed by atoms with E-state index in [9.17, 15) is 13.2 Å². The summed E-state index contributed by atoms with van der Waals surface area (Å²) in [5, 5.41) is 4.61. The number of amides is 1. The number of hydrogen-bond acceptors (Lipinski definition) is 5. The fourth-order valence-corrected chi connectivity index (χ4v) is 6.31. The third kappa shape index (κ3) is 5.65. The van der Waals surface area contributed by atoms with Gasteiger partial charge in [-0.25, -0.2) is 8.42 Å². The second kappa shape index (κ2) is 10.2. The third-order valence-electron chi connectivity index (χ3n) is 4.96. The Balaban J connectivity index is 1.36. The van der Waals surface area contributed by atoms with Gasteiger partial charge in [0.2, 0.25) is 0 Å². The van der Waals surface area contributed by atoms with Crippen molar-refractivity contribution in [1.29, 1.82) is 0 Å². The molecule has 1 N–H and O–H groups in total. The van der Waals surface area contributed by atoms with E-state index < -0.39 is 10.0 Å². The molecule has 4 rings (SSSR count). The lowest BCUT2D eigenvalue weighted by atomic mass is 10.1. The van der Waals surface area contributed by atoms with Crippen LogP contribution in [0.25, 0.3) is 0 Å². The smallest absolute Gasteiger partial charge is 0.273 e. The number of sulfonamides is 1. The number of thiophene rings is 1. The molecule has 4 aromatic rings. The van der Waals surface area contributed by atoms with Crippen molar-refractivity contribution in [3.05, 3.63) is 108 Å². The van der Waals surface area contributed by atoms with Crippen LogP contribution in [-0.2, 0) is 15.8 Å². The number of benzene rings is 3. The number of carbonyl (C=O) groups excluding carboxylic acids is 1. The molecule has 5 nitrogen and oxygen atoms in total. The summed E-state index contributed by atoms with van der Waals surface area (Å²) in [6.45, 7) is 0. The normalized spacial score (nSPS) is 11.2. The molecule has 1 amide bonds. The van der Waals surface area contributed by atoms with Gasteiger partial charge in [-0.1, -0.05) is 36.4 Å². The molecule has 3 aromatic carbocycles. The van der Waals surface area contributed by atoms with Crippen molar-refractivity contribution in [3.63, 3.8) is 0 Å². The van der Waals surface area contributed by atoms with Gasteiger partial charge >= 0.3 is 0 Å². The molecule has 0 atom stereocenters. The van der Waals surface area contributed by atoms with Gasteiger partial charge < -0.3 is 5.32 Å². The lowest BCUT2D eigenvalue weighted by molar-refractivity contribution is 0.102. The average molecular weight is 495 g/mol. The van der Waals surface area contributed by atoms with Crippen LogP contribution in [0.1, 0.15) is 15.9 Å². The van der Waals surface area contributed by atoms with Crippen LogP contribution in [0.2, 0.25) is 0 Å². The first-order valence-corrected chi connectivity index (χ1v) is 13.4. The predicted octanol–water partition coefficient (Wildman–Crippen LogP) is 6.12. The van der Waals surface area contributed by atoms with Crippen LogP contribution in [0.15, 0.2) is 105 Å². The first-order valence-electron chi connectivity index (χ1n) is 10.1. The van der Waals surface area contributed by atoms with E-state index in [4.69, 9.17) is 0 Å². The molecular formula is C25H22N2O3S3. The molecule has 0 fully saturated rings. The first-order chi connectivity index (χ1) is 15.9. The molecule has 0 aliphatic heterocycles. The van der Waals surface area contributed by atoms with Crippen molar-refractivity contribution < 1.29 is 13.2 Å². The highest BCUT2D eigenvalue weighted by Gasteiger charge is 2.22. The zero-order valence-corrected chi connectivity index (χ0v) is 20.3. The Hall–Kier alpha value is -3.07. The fourth-order valence-electron chi connectivity index (χ4n) is 3.08. The van der Waals surface area contributed by atoms with Gasteiger partial charge in [0.05, 0.1) is 5.69 Å². The Morgan fingerprint density at radius 3 is 2.24 bits per heavy atom. The lowest BCUT2D eigenvalue weighted by Gasteiger charge is -2.18. The van der Waals surface area contributed by atoms with E-state index in [0.717, 1.165) is 5.75 Å². The van der Waals surface area contributed by atoms with Crippen LogP contribution in [0, 0.1) is 0 Å². The summed E-state index contributed by atoms with van der Waals surface area (Å²) in [6.07, 6.45) is 0. The van der Waals surface area contributed by atoms with E-state index in [2.05, 4.69) is 17.4 Å². The van der Waals surface area contributed by atoms with E-state index in [1.54, 1.807) is 53.5 Å². The molecule has 0 saturated carbocycles. The van der Waals surface area contributed by atoms with Crippen molar-refractivity contribution >= 4 is 50.4 Å². The summed E-state index contributed by atoms with van der Waals surface area (Å²) in [6, 6.07) is 27.8. The summed E-state index contributed by atoms with van der Waals surface area (Å²) in [5.41, 5.74) is 2.81. The molecule has 0 aliphatic carbocycles. The van der Waals surface area contributed by atoms with Gasteiger partial charge in [-0.05, 0) is 65.5 Å². The molecule has 0 aliphatic rings. The van der Waals surface area contributed by atoms with Gasteiger partial charge in [0.15, 0.2) is 0 Å². The lowest BCUT2D eigenvalue weighted by Crippen LogP contribution is -2.25. The molecule has 1 heterocycles. The summed E-state index contributed by atoms with van der Waals surface area (Å²) in [5.74, 6) is 0.596. The van der Waals surface area contributed by atoms with Crippen molar-refractivity contribution in [3.8, 4) is 0 Å². The topological polar surface area (TPSA) is 66.5 Å². The van der Waals surface area contributed by atoms with E-state index >= 15 is 0 Å². The van der Waals surface area contributed by atoms with Gasteiger partial charge in [0, 0.05) is 28.9 Å². The molecule has 0 spiro atoms. The minimum Gasteiger partial charge on any atom is -0.322 e. The minimum absolute atomic E-state index is 0.253. The molecule has 168 valence electrons. The second-order valence-corrected chi connectivity index (χ2v) is 11.4. The Kier molecular flexibility index (Phi) is 7.17. The zero-order valence-electron chi connectivity index (χ0n) is 17.8. The van der Waals surface area contributed by atoms with E-state index in [0.29, 0.717) is 16.9 Å². The van der Waals surface area contributed by atoms with E-state index in [1.165, 1.54) is 33.1 Å². The average Bonchev–Trinajstić information content (AvgIpc) is 3.40. The largest absolute Gasteiger partial charge is 0.322 e. The van der Waals surface area contributed by atoms with Crippen LogP contribution in [-0.4, -0.2) is 21.4 Å². The van der Waals surface area contributed by atoms with Crippen LogP contribution in [0.4, 0.5) is 11.4 Å². The maximum absolute atomic E-state index is 12.7. The zero-order chi connectivity index (χ0) is 23.3. The highest BCUT2D eigenvalue weighted by atomic mass is 32.2. The molecule has 0 radical (unpaired) electrons. The third-order valence-corrected chi connectivity index (χ3v) is 9.21. The van der Waals surface area contributed by atoms with Crippen molar-refractivity contribution in [2.75, 3.05) is 16.7 Å². The summed E-state index contributed by atoms with van der Waals surface area (Å²) in [4.78, 5) is 13.8. The Morgan fingerprint density at radius 2 is 1.61 bits per heavy atom. The number of hydrogen-bond donors (Lipinski definition) is 1. The molecule has 0 unspecified atom stereocenters. The SMILES string of the molecule is CN(c1ccc(C(=O)Nc2ccc(CSc3ccccc3)cc2)cc1)S(=O)(=O)c1cccs1. The summed E-state index contributed by atoms with van der Waals surface area (Å²) < 4.78 is 26.8. The minimum atomic E-state index is -3.61. The van der Waals surface area contributed by atoms with E-state index in [-0.39, 0.29) is 10.1 Å². The van der Waals surface area contributed by atoms with Crippen molar-refractivity contribution in [2.24, 2.45) is 0 Å². The molecule has 0 bridgehead atoms. The summed E-state index contributed by atoms with van der Waals surface area (Å²) >= 11 is 2.93. The highest BCUT2D eigenvalue weighted by molar-refractivity contribution is 7.98. The first kappa shape index (κ1) is 23.1. The van der Waals surface area contributed by atoms with Gasteiger partial charge in [-0.15, -0.1) is 23.1 Å². The van der Waals surface area contributed by atoms with Crippen molar-refractivity contribution in [1.82, 2.24) is 0 Å². The number of carbonyl (C=O) groups is 1. The summed E-state index contributed by atoms with van der Waals surface area (Å²) in [7, 11) is -2.11. The standard InChI is InChI=1S/C25H22N2O3S3/c1-27(33(29,30)24-8-5-17-31-24)22-15-11-20(12-16-22)25(28)26-21-13-9-19(10-14-21)18-32-23-6-3-2-4-7-23/h2-17H,18H2,1H3,(H,26,28). The van der Waals surface area contributed by atoms with Crippen LogP contribution >= 0.6 is 23.1 Å². The monoisotopic (exact) mass is 494 g/mol. The Bertz CT molecular complexity index is 1300. The van der Waals surface area contributed by atoms with Gasteiger partial charge in [-0.2, -0.15) is 0 Å². The maximum atomic E-state index is 12.7. The van der Waals surface area contributed by atoms with Gasteiger partial charge in [0.1, 0.15) is 4.21 Å². The van der Waals surface area contributed by atoms with E-state index in [1.807, 2.05) is 42.5 Å². The Labute approximate surface area is 202 Å². The van der Waals surface area contributed by atoms with Gasteiger partial charge in [-0.3, -0.25) is 9.10 Å². The fraction of sp³-hybridized carbons (Fsp3) is 0.0800. The van der Waals surface area contributed by atoms with Crippen molar-refractivity contribution in [2.45, 2.75) is 14.9 Å². The maximum Gasteiger partial charge on any atom is 0.273 e. The molecular weight excluding hydrogens is 472 g/mol. The van der Waals surface area contributed by atoms with Gasteiger partial charge in [0.25, 0.3) is 15.9 Å². The molecule has 0 saturated heterocycles. The van der Waals surface area contributed by atoms with Crippen LogP contribution in [0.5, 0.6) is 0 Å². The second-order valence-electron chi connectivity index (χ2n) is 7.20.